The molecule has 1 amide bonds. The number of carbonyl (C=O) groups is 1. The minimum atomic E-state index is -0.273. The third-order valence-electron chi connectivity index (χ3n) is 2.80. The Morgan fingerprint density at radius 1 is 1.44 bits per heavy atom. The normalized spacial score (nSPS) is 11.3. The summed E-state index contributed by atoms with van der Waals surface area (Å²) in [5.41, 5.74) is 5.49. The van der Waals surface area contributed by atoms with Crippen molar-refractivity contribution < 1.29 is 4.79 Å². The van der Waals surface area contributed by atoms with E-state index in [1.165, 1.54) is 6.07 Å². The van der Waals surface area contributed by atoms with Crippen LogP contribution in [0.15, 0.2) is 23.0 Å². The summed E-state index contributed by atoms with van der Waals surface area (Å²) in [5.74, 6) is -0.256. The van der Waals surface area contributed by atoms with Gasteiger partial charge in [0, 0.05) is 12.6 Å². The largest absolute Gasteiger partial charge is 0.350 e. The molecule has 0 atom stereocenters. The summed E-state index contributed by atoms with van der Waals surface area (Å²) in [7, 11) is 0. The molecule has 1 aromatic heterocycles. The maximum atomic E-state index is 11.8. The molecule has 5 nitrogen and oxygen atoms in total. The van der Waals surface area contributed by atoms with E-state index in [9.17, 15) is 9.59 Å². The van der Waals surface area contributed by atoms with Crippen molar-refractivity contribution in [2.45, 2.75) is 26.7 Å². The number of nitrogens with two attached hydrogens (primary N) is 1. The van der Waals surface area contributed by atoms with Gasteiger partial charge in [0.15, 0.2) is 0 Å². The van der Waals surface area contributed by atoms with Crippen molar-refractivity contribution in [2.24, 2.45) is 11.1 Å². The summed E-state index contributed by atoms with van der Waals surface area (Å²) < 4.78 is 0. The summed E-state index contributed by atoms with van der Waals surface area (Å²) >= 11 is 0. The molecule has 0 unspecified atom stereocenters. The Kier molecular flexibility index (Phi) is 5.09. The van der Waals surface area contributed by atoms with Gasteiger partial charge in [-0.2, -0.15) is 0 Å². The van der Waals surface area contributed by atoms with E-state index in [1.54, 1.807) is 12.1 Å². The van der Waals surface area contributed by atoms with Gasteiger partial charge in [0.2, 0.25) is 5.56 Å². The summed E-state index contributed by atoms with van der Waals surface area (Å²) in [6, 6.07) is 4.53. The molecule has 0 aliphatic rings. The van der Waals surface area contributed by atoms with Gasteiger partial charge in [0.25, 0.3) is 5.91 Å². The molecule has 1 heterocycles. The zero-order valence-electron chi connectivity index (χ0n) is 11.0. The molecule has 0 saturated heterocycles. The second-order valence-electron chi connectivity index (χ2n) is 5.17. The fourth-order valence-electron chi connectivity index (χ4n) is 1.66. The smallest absolute Gasteiger partial charge is 0.267 e. The van der Waals surface area contributed by atoms with Crippen LogP contribution in [0.3, 0.4) is 0 Å². The lowest BCUT2D eigenvalue weighted by atomic mass is 9.88. The van der Waals surface area contributed by atoms with E-state index >= 15 is 0 Å². The van der Waals surface area contributed by atoms with E-state index in [1.807, 2.05) is 0 Å². The third kappa shape index (κ3) is 4.71. The molecule has 0 aromatic carbocycles. The Hall–Kier alpha value is -1.62. The first kappa shape index (κ1) is 14.4. The standard InChI is InChI=1S/C13H21N3O2/c1-13(2,7-4-8-14)9-15-12(18)10-5-3-6-11(17)16-10/h3,5-6H,4,7-9,14H2,1-2H3,(H,15,18)(H,16,17). The lowest BCUT2D eigenvalue weighted by Gasteiger charge is -2.24. The average molecular weight is 251 g/mol. The third-order valence-corrected chi connectivity index (χ3v) is 2.80. The highest BCUT2D eigenvalue weighted by molar-refractivity contribution is 5.92. The van der Waals surface area contributed by atoms with E-state index in [4.69, 9.17) is 5.73 Å². The second-order valence-corrected chi connectivity index (χ2v) is 5.17. The molecule has 18 heavy (non-hydrogen) atoms. The first-order valence-corrected chi connectivity index (χ1v) is 6.12. The van der Waals surface area contributed by atoms with Crippen LogP contribution in [-0.2, 0) is 0 Å². The molecule has 4 N–H and O–H groups in total. The fourth-order valence-corrected chi connectivity index (χ4v) is 1.66. The number of amides is 1. The summed E-state index contributed by atoms with van der Waals surface area (Å²) in [4.78, 5) is 25.4. The highest BCUT2D eigenvalue weighted by atomic mass is 16.2. The molecular weight excluding hydrogens is 230 g/mol. The number of rotatable bonds is 6. The maximum absolute atomic E-state index is 11.8. The lowest BCUT2D eigenvalue weighted by Crippen LogP contribution is -2.35. The van der Waals surface area contributed by atoms with Crippen LogP contribution in [0.5, 0.6) is 0 Å². The van der Waals surface area contributed by atoms with E-state index in [0.717, 1.165) is 12.8 Å². The number of pyridine rings is 1. The van der Waals surface area contributed by atoms with Crippen molar-refractivity contribution in [3.05, 3.63) is 34.2 Å². The molecule has 100 valence electrons. The maximum Gasteiger partial charge on any atom is 0.267 e. The Morgan fingerprint density at radius 3 is 2.78 bits per heavy atom. The Morgan fingerprint density at radius 2 is 2.17 bits per heavy atom. The Labute approximate surface area is 107 Å². The first-order valence-electron chi connectivity index (χ1n) is 6.12. The van der Waals surface area contributed by atoms with Crippen molar-refractivity contribution >= 4 is 5.91 Å². The number of carbonyl (C=O) groups excluding carboxylic acids is 1. The van der Waals surface area contributed by atoms with E-state index in [2.05, 4.69) is 24.1 Å². The topological polar surface area (TPSA) is 88.0 Å². The minimum absolute atomic E-state index is 0.00407. The van der Waals surface area contributed by atoms with Crippen LogP contribution >= 0.6 is 0 Å². The SMILES string of the molecule is CC(C)(CCCN)CNC(=O)c1cccc(=O)[nH]1. The van der Waals surface area contributed by atoms with Crippen molar-refractivity contribution in [2.75, 3.05) is 13.1 Å². The van der Waals surface area contributed by atoms with Crippen LogP contribution in [0.4, 0.5) is 0 Å². The molecule has 0 fully saturated rings. The van der Waals surface area contributed by atoms with Gasteiger partial charge in [0.1, 0.15) is 5.69 Å². The van der Waals surface area contributed by atoms with Crippen LogP contribution < -0.4 is 16.6 Å². The minimum Gasteiger partial charge on any atom is -0.350 e. The fraction of sp³-hybridized carbons (Fsp3) is 0.538. The molecule has 0 radical (unpaired) electrons. The quantitative estimate of drug-likeness (QED) is 0.701. The van der Waals surface area contributed by atoms with E-state index in [0.29, 0.717) is 13.1 Å². The molecular formula is C13H21N3O2. The summed E-state index contributed by atoms with van der Waals surface area (Å²) in [5, 5.41) is 2.83. The molecule has 0 aliphatic carbocycles. The van der Waals surface area contributed by atoms with Gasteiger partial charge in [0.05, 0.1) is 0 Å². The number of nitrogens with one attached hydrogen (secondary N) is 2. The van der Waals surface area contributed by atoms with Crippen LogP contribution in [0.2, 0.25) is 0 Å². The van der Waals surface area contributed by atoms with Crippen molar-refractivity contribution in [3.8, 4) is 0 Å². The number of aromatic nitrogens is 1. The first-order chi connectivity index (χ1) is 8.44. The predicted octanol–water partition coefficient (Wildman–Crippen LogP) is 0.870. The van der Waals surface area contributed by atoms with Crippen LogP contribution in [0, 0.1) is 5.41 Å². The van der Waals surface area contributed by atoms with Gasteiger partial charge in [-0.05, 0) is 30.9 Å². The van der Waals surface area contributed by atoms with Gasteiger partial charge in [-0.3, -0.25) is 9.59 Å². The molecule has 0 bridgehead atoms. The summed E-state index contributed by atoms with van der Waals surface area (Å²) in [6.07, 6.45) is 1.89. The van der Waals surface area contributed by atoms with Crippen molar-refractivity contribution in [3.63, 3.8) is 0 Å². The predicted molar refractivity (Wildman–Crippen MR) is 71.5 cm³/mol. The zero-order chi connectivity index (χ0) is 13.6. The van der Waals surface area contributed by atoms with E-state index < -0.39 is 0 Å². The van der Waals surface area contributed by atoms with Crippen molar-refractivity contribution in [1.82, 2.24) is 10.3 Å². The molecule has 1 aromatic rings. The molecule has 1 rings (SSSR count). The van der Waals surface area contributed by atoms with Crippen LogP contribution in [0.1, 0.15) is 37.2 Å². The molecule has 0 saturated carbocycles. The molecule has 0 aliphatic heterocycles. The van der Waals surface area contributed by atoms with E-state index in [-0.39, 0.29) is 22.6 Å². The second kappa shape index (κ2) is 6.35. The number of hydrogen-bond donors (Lipinski definition) is 3. The zero-order valence-corrected chi connectivity index (χ0v) is 11.0. The van der Waals surface area contributed by atoms with Gasteiger partial charge >= 0.3 is 0 Å². The number of hydrogen-bond acceptors (Lipinski definition) is 3. The Balaban J connectivity index is 2.53. The Bertz CT molecular complexity index is 452. The highest BCUT2D eigenvalue weighted by Gasteiger charge is 2.18. The monoisotopic (exact) mass is 251 g/mol. The number of H-pyrrole nitrogens is 1. The lowest BCUT2D eigenvalue weighted by molar-refractivity contribution is 0.0929. The van der Waals surface area contributed by atoms with Crippen molar-refractivity contribution in [1.29, 1.82) is 0 Å². The van der Waals surface area contributed by atoms with Gasteiger partial charge < -0.3 is 16.0 Å². The highest BCUT2D eigenvalue weighted by Crippen LogP contribution is 2.20. The molecule has 0 spiro atoms. The number of aromatic amines is 1. The van der Waals surface area contributed by atoms with Crippen LogP contribution in [-0.4, -0.2) is 24.0 Å². The van der Waals surface area contributed by atoms with Gasteiger partial charge in [-0.15, -0.1) is 0 Å². The average Bonchev–Trinajstić information content (AvgIpc) is 2.34. The summed E-state index contributed by atoms with van der Waals surface area (Å²) in [6.45, 7) is 5.37. The van der Waals surface area contributed by atoms with Crippen LogP contribution in [0.25, 0.3) is 0 Å². The van der Waals surface area contributed by atoms with Gasteiger partial charge in [-0.1, -0.05) is 19.9 Å². The molecule has 5 heteroatoms. The van der Waals surface area contributed by atoms with Gasteiger partial charge in [-0.25, -0.2) is 0 Å².